The summed E-state index contributed by atoms with van der Waals surface area (Å²) >= 11 is 0. The van der Waals surface area contributed by atoms with Crippen LogP contribution in [-0.4, -0.2) is 37.4 Å². The molecule has 4 rings (SSSR count). The largest absolute Gasteiger partial charge is 0.497 e. The number of nitrogens with zero attached hydrogens (tertiary/aromatic N) is 1. The van der Waals surface area contributed by atoms with Crippen molar-refractivity contribution < 1.29 is 14.3 Å². The second-order valence-electron chi connectivity index (χ2n) is 7.94. The zero-order valence-corrected chi connectivity index (χ0v) is 18.3. The summed E-state index contributed by atoms with van der Waals surface area (Å²) in [5.41, 5.74) is 4.19. The highest BCUT2D eigenvalue weighted by molar-refractivity contribution is 6.10. The molecule has 3 aromatic rings. The van der Waals surface area contributed by atoms with Gasteiger partial charge in [0.15, 0.2) is 0 Å². The highest BCUT2D eigenvalue weighted by atomic mass is 16.5. The fourth-order valence-electron chi connectivity index (χ4n) is 4.18. The van der Waals surface area contributed by atoms with Crippen molar-refractivity contribution >= 4 is 23.2 Å². The SMILES string of the molecule is COc1ccc(NC(=O)c2ccccc2NC(=O)CN(C)C2CCc3ccccc32)cc1. The van der Waals surface area contributed by atoms with Gasteiger partial charge in [-0.05, 0) is 67.4 Å². The average molecular weight is 430 g/mol. The van der Waals surface area contributed by atoms with Gasteiger partial charge in [-0.1, -0.05) is 36.4 Å². The number of rotatable bonds is 7. The van der Waals surface area contributed by atoms with E-state index in [0.717, 1.165) is 12.8 Å². The van der Waals surface area contributed by atoms with Crippen molar-refractivity contribution in [2.24, 2.45) is 0 Å². The van der Waals surface area contributed by atoms with Crippen molar-refractivity contribution in [1.82, 2.24) is 4.90 Å². The quantitative estimate of drug-likeness (QED) is 0.580. The maximum Gasteiger partial charge on any atom is 0.257 e. The number of nitrogens with one attached hydrogen (secondary N) is 2. The molecular weight excluding hydrogens is 402 g/mol. The topological polar surface area (TPSA) is 70.7 Å². The number of aryl methyl sites for hydroxylation is 1. The van der Waals surface area contributed by atoms with Crippen molar-refractivity contribution in [1.29, 1.82) is 0 Å². The zero-order chi connectivity index (χ0) is 22.5. The normalized spacial score (nSPS) is 14.7. The first kappa shape index (κ1) is 21.6. The molecule has 6 nitrogen and oxygen atoms in total. The monoisotopic (exact) mass is 429 g/mol. The minimum atomic E-state index is -0.288. The van der Waals surface area contributed by atoms with E-state index in [1.807, 2.05) is 13.1 Å². The lowest BCUT2D eigenvalue weighted by Crippen LogP contribution is -2.33. The van der Waals surface area contributed by atoms with E-state index in [1.165, 1.54) is 11.1 Å². The fraction of sp³-hybridized carbons (Fsp3) is 0.231. The summed E-state index contributed by atoms with van der Waals surface area (Å²) in [6.45, 7) is 0.243. The van der Waals surface area contributed by atoms with Crippen LogP contribution in [0.1, 0.15) is 33.9 Å². The molecule has 2 amide bonds. The highest BCUT2D eigenvalue weighted by Crippen LogP contribution is 2.34. The summed E-state index contributed by atoms with van der Waals surface area (Å²) in [7, 11) is 3.56. The minimum absolute atomic E-state index is 0.151. The second kappa shape index (κ2) is 9.66. The first-order valence-corrected chi connectivity index (χ1v) is 10.7. The molecule has 0 spiro atoms. The molecule has 0 saturated carbocycles. The van der Waals surface area contributed by atoms with Crippen LogP contribution >= 0.6 is 0 Å². The molecule has 0 bridgehead atoms. The number of hydrogen-bond donors (Lipinski definition) is 2. The molecule has 0 aliphatic heterocycles. The molecule has 2 N–H and O–H groups in total. The Kier molecular flexibility index (Phi) is 6.52. The van der Waals surface area contributed by atoms with E-state index >= 15 is 0 Å². The number of carbonyl (C=O) groups excluding carboxylic acids is 2. The van der Waals surface area contributed by atoms with Crippen molar-refractivity contribution in [2.75, 3.05) is 31.3 Å². The molecule has 0 heterocycles. The molecule has 1 aliphatic carbocycles. The second-order valence-corrected chi connectivity index (χ2v) is 7.94. The summed E-state index contributed by atoms with van der Waals surface area (Å²) in [6.07, 6.45) is 2.03. The summed E-state index contributed by atoms with van der Waals surface area (Å²) in [6, 6.07) is 22.7. The lowest BCUT2D eigenvalue weighted by molar-refractivity contribution is -0.117. The highest BCUT2D eigenvalue weighted by Gasteiger charge is 2.26. The first-order chi connectivity index (χ1) is 15.5. The van der Waals surface area contributed by atoms with Gasteiger partial charge < -0.3 is 15.4 Å². The van der Waals surface area contributed by atoms with E-state index in [1.54, 1.807) is 55.6 Å². The van der Waals surface area contributed by atoms with Crippen LogP contribution in [0.3, 0.4) is 0 Å². The van der Waals surface area contributed by atoms with Crippen LogP contribution < -0.4 is 15.4 Å². The smallest absolute Gasteiger partial charge is 0.257 e. The molecule has 32 heavy (non-hydrogen) atoms. The van der Waals surface area contributed by atoms with Crippen LogP contribution in [-0.2, 0) is 11.2 Å². The predicted octanol–water partition coefficient (Wildman–Crippen LogP) is 4.51. The summed E-state index contributed by atoms with van der Waals surface area (Å²) in [4.78, 5) is 27.7. The summed E-state index contributed by atoms with van der Waals surface area (Å²) in [5.74, 6) is 0.274. The fourth-order valence-corrected chi connectivity index (χ4v) is 4.18. The summed E-state index contributed by atoms with van der Waals surface area (Å²) in [5, 5.41) is 5.78. The van der Waals surface area contributed by atoms with Crippen LogP contribution in [0.25, 0.3) is 0 Å². The van der Waals surface area contributed by atoms with E-state index in [-0.39, 0.29) is 24.4 Å². The number of amides is 2. The van der Waals surface area contributed by atoms with E-state index in [2.05, 4.69) is 33.7 Å². The first-order valence-electron chi connectivity index (χ1n) is 10.7. The number of benzene rings is 3. The van der Waals surface area contributed by atoms with Gasteiger partial charge >= 0.3 is 0 Å². The van der Waals surface area contributed by atoms with Crippen molar-refractivity contribution in [3.8, 4) is 5.75 Å². The molecule has 0 saturated heterocycles. The molecule has 164 valence electrons. The number of anilines is 2. The van der Waals surface area contributed by atoms with Crippen molar-refractivity contribution in [2.45, 2.75) is 18.9 Å². The van der Waals surface area contributed by atoms with Gasteiger partial charge in [0.25, 0.3) is 5.91 Å². The number of likely N-dealkylation sites (N-methyl/N-ethyl adjacent to an activating group) is 1. The Balaban J connectivity index is 1.41. The number of hydrogen-bond acceptors (Lipinski definition) is 4. The van der Waals surface area contributed by atoms with Crippen LogP contribution in [0.15, 0.2) is 72.8 Å². The third kappa shape index (κ3) is 4.81. The zero-order valence-electron chi connectivity index (χ0n) is 18.3. The standard InChI is InChI=1S/C26H27N3O3/c1-29(24-16-11-18-7-3-4-8-21(18)24)17-25(30)28-23-10-6-5-9-22(23)26(31)27-19-12-14-20(32-2)15-13-19/h3-10,12-15,24H,11,16-17H2,1-2H3,(H,27,31)(H,28,30). The van der Waals surface area contributed by atoms with Crippen molar-refractivity contribution in [3.63, 3.8) is 0 Å². The van der Waals surface area contributed by atoms with Crippen LogP contribution in [0.5, 0.6) is 5.75 Å². The molecule has 0 radical (unpaired) electrons. The maximum absolute atomic E-state index is 12.8. The van der Waals surface area contributed by atoms with Gasteiger partial charge in [0.1, 0.15) is 5.75 Å². The molecule has 6 heteroatoms. The Bertz CT molecular complexity index is 1110. The van der Waals surface area contributed by atoms with Gasteiger partial charge in [-0.3, -0.25) is 14.5 Å². The van der Waals surface area contributed by atoms with E-state index in [0.29, 0.717) is 22.7 Å². The van der Waals surface area contributed by atoms with Crippen LogP contribution in [0, 0.1) is 0 Å². The average Bonchev–Trinajstić information content (AvgIpc) is 3.24. The Morgan fingerprint density at radius 2 is 1.69 bits per heavy atom. The van der Waals surface area contributed by atoms with Gasteiger partial charge in [-0.25, -0.2) is 0 Å². The van der Waals surface area contributed by atoms with Gasteiger partial charge in [0.2, 0.25) is 5.91 Å². The molecule has 3 aromatic carbocycles. The molecule has 1 atom stereocenters. The predicted molar refractivity (Wildman–Crippen MR) is 126 cm³/mol. The Morgan fingerprint density at radius 3 is 2.47 bits per heavy atom. The maximum atomic E-state index is 12.8. The van der Waals surface area contributed by atoms with Crippen molar-refractivity contribution in [3.05, 3.63) is 89.5 Å². The van der Waals surface area contributed by atoms with Gasteiger partial charge in [0, 0.05) is 11.7 Å². The Labute approximate surface area is 188 Å². The summed E-state index contributed by atoms with van der Waals surface area (Å²) < 4.78 is 5.15. The van der Waals surface area contributed by atoms with E-state index in [4.69, 9.17) is 4.74 Å². The Hall–Kier alpha value is -3.64. The lowest BCUT2D eigenvalue weighted by Gasteiger charge is -2.24. The molecule has 1 unspecified atom stereocenters. The third-order valence-electron chi connectivity index (χ3n) is 5.82. The molecule has 1 aliphatic rings. The van der Waals surface area contributed by atoms with E-state index < -0.39 is 0 Å². The Morgan fingerprint density at radius 1 is 0.969 bits per heavy atom. The third-order valence-corrected chi connectivity index (χ3v) is 5.82. The van der Waals surface area contributed by atoms with E-state index in [9.17, 15) is 9.59 Å². The number of para-hydroxylation sites is 1. The lowest BCUT2D eigenvalue weighted by atomic mass is 10.1. The number of carbonyl (C=O) groups is 2. The number of fused-ring (bicyclic) bond motifs is 1. The number of methoxy groups -OCH3 is 1. The van der Waals surface area contributed by atoms with Crippen LogP contribution in [0.2, 0.25) is 0 Å². The van der Waals surface area contributed by atoms with Gasteiger partial charge in [-0.15, -0.1) is 0 Å². The van der Waals surface area contributed by atoms with Crippen LogP contribution in [0.4, 0.5) is 11.4 Å². The minimum Gasteiger partial charge on any atom is -0.497 e. The van der Waals surface area contributed by atoms with Gasteiger partial charge in [-0.2, -0.15) is 0 Å². The molecule has 0 fully saturated rings. The van der Waals surface area contributed by atoms with Gasteiger partial charge in [0.05, 0.1) is 24.9 Å². The number of ether oxygens (including phenoxy) is 1. The molecular formula is C26H27N3O3. The molecule has 0 aromatic heterocycles.